The number of nitrogens with one attached hydrogen (secondary N) is 1. The standard InChI is InChI=1S/C17H17BrFNO5S/c1-11-9-13(5-7-16(11)25-8-2-3-17(21)22)26(23,24)20-15-6-4-12(19)10-14(15)18/h4-7,9-10,20H,2-3,8H2,1H3,(H,21,22). The highest BCUT2D eigenvalue weighted by Gasteiger charge is 2.17. The fourth-order valence-electron chi connectivity index (χ4n) is 2.13. The Bertz CT molecular complexity index is 917. The largest absolute Gasteiger partial charge is 0.493 e. The van der Waals surface area contributed by atoms with E-state index in [-0.39, 0.29) is 28.1 Å². The van der Waals surface area contributed by atoms with Gasteiger partial charge in [0.15, 0.2) is 0 Å². The van der Waals surface area contributed by atoms with Crippen molar-refractivity contribution in [2.24, 2.45) is 0 Å². The lowest BCUT2D eigenvalue weighted by atomic mass is 10.2. The van der Waals surface area contributed by atoms with Crippen LogP contribution in [0.25, 0.3) is 0 Å². The van der Waals surface area contributed by atoms with Crippen LogP contribution in [0, 0.1) is 12.7 Å². The smallest absolute Gasteiger partial charge is 0.303 e. The van der Waals surface area contributed by atoms with E-state index < -0.39 is 21.8 Å². The second kappa shape index (κ2) is 8.50. The highest BCUT2D eigenvalue weighted by atomic mass is 79.9. The van der Waals surface area contributed by atoms with Crippen molar-refractivity contribution in [1.29, 1.82) is 0 Å². The van der Waals surface area contributed by atoms with Crippen LogP contribution in [0.5, 0.6) is 5.75 Å². The molecule has 26 heavy (non-hydrogen) atoms. The number of carboxylic acids is 1. The van der Waals surface area contributed by atoms with Gasteiger partial charge in [-0.2, -0.15) is 0 Å². The van der Waals surface area contributed by atoms with Gasteiger partial charge in [-0.1, -0.05) is 0 Å². The predicted molar refractivity (Wildman–Crippen MR) is 98.5 cm³/mol. The minimum absolute atomic E-state index is 0.00196. The molecule has 0 aromatic heterocycles. The molecule has 2 N–H and O–H groups in total. The molecule has 0 bridgehead atoms. The molecule has 0 radical (unpaired) electrons. The zero-order valence-corrected chi connectivity index (χ0v) is 16.2. The number of ether oxygens (including phenoxy) is 1. The van der Waals surface area contributed by atoms with Gasteiger partial charge in [0.2, 0.25) is 0 Å². The first-order valence-corrected chi connectivity index (χ1v) is 9.90. The maximum absolute atomic E-state index is 13.1. The van der Waals surface area contributed by atoms with Crippen LogP contribution in [0.1, 0.15) is 18.4 Å². The number of anilines is 1. The number of hydrogen-bond acceptors (Lipinski definition) is 4. The van der Waals surface area contributed by atoms with Crippen LogP contribution < -0.4 is 9.46 Å². The lowest BCUT2D eigenvalue weighted by Gasteiger charge is -2.13. The number of aliphatic carboxylic acids is 1. The monoisotopic (exact) mass is 445 g/mol. The minimum atomic E-state index is -3.86. The van der Waals surface area contributed by atoms with Crippen molar-refractivity contribution in [3.8, 4) is 5.75 Å². The maximum atomic E-state index is 13.1. The molecule has 0 spiro atoms. The number of carboxylic acid groups (broad SMARTS) is 1. The SMILES string of the molecule is Cc1cc(S(=O)(=O)Nc2ccc(F)cc2Br)ccc1OCCCC(=O)O. The lowest BCUT2D eigenvalue weighted by molar-refractivity contribution is -0.137. The number of carbonyl (C=O) groups is 1. The summed E-state index contributed by atoms with van der Waals surface area (Å²) in [5.74, 6) is -0.901. The first-order chi connectivity index (χ1) is 12.2. The molecule has 2 rings (SSSR count). The van der Waals surface area contributed by atoms with E-state index in [0.29, 0.717) is 17.7 Å². The second-order valence-electron chi connectivity index (χ2n) is 5.50. The van der Waals surface area contributed by atoms with Gasteiger partial charge in [0, 0.05) is 10.9 Å². The summed E-state index contributed by atoms with van der Waals surface area (Å²) in [7, 11) is -3.86. The van der Waals surface area contributed by atoms with Crippen LogP contribution in [0.4, 0.5) is 10.1 Å². The molecule has 0 heterocycles. The van der Waals surface area contributed by atoms with Gasteiger partial charge in [-0.15, -0.1) is 0 Å². The zero-order chi connectivity index (χ0) is 19.3. The van der Waals surface area contributed by atoms with Crippen molar-refractivity contribution < 1.29 is 27.4 Å². The molecule has 6 nitrogen and oxygen atoms in total. The van der Waals surface area contributed by atoms with Crippen LogP contribution >= 0.6 is 15.9 Å². The number of sulfonamides is 1. The summed E-state index contributed by atoms with van der Waals surface area (Å²) in [6, 6.07) is 8.00. The molecule has 2 aromatic rings. The fourth-order valence-corrected chi connectivity index (χ4v) is 3.88. The van der Waals surface area contributed by atoms with Gasteiger partial charge in [0.1, 0.15) is 11.6 Å². The van der Waals surface area contributed by atoms with Gasteiger partial charge in [-0.25, -0.2) is 12.8 Å². The van der Waals surface area contributed by atoms with Gasteiger partial charge < -0.3 is 9.84 Å². The van der Waals surface area contributed by atoms with Crippen molar-refractivity contribution in [2.75, 3.05) is 11.3 Å². The van der Waals surface area contributed by atoms with Crippen LogP contribution in [-0.2, 0) is 14.8 Å². The Morgan fingerprint density at radius 1 is 1.27 bits per heavy atom. The Hall–Kier alpha value is -2.13. The molecule has 0 amide bonds. The van der Waals surface area contributed by atoms with E-state index in [2.05, 4.69) is 20.7 Å². The van der Waals surface area contributed by atoms with E-state index in [1.807, 2.05) is 0 Å². The van der Waals surface area contributed by atoms with Crippen LogP contribution in [0.2, 0.25) is 0 Å². The molecule has 0 unspecified atom stereocenters. The summed E-state index contributed by atoms with van der Waals surface area (Å²) < 4.78 is 46.3. The number of aryl methyl sites for hydroxylation is 1. The van der Waals surface area contributed by atoms with Crippen molar-refractivity contribution in [1.82, 2.24) is 0 Å². The van der Waals surface area contributed by atoms with Gasteiger partial charge in [-0.3, -0.25) is 9.52 Å². The van der Waals surface area contributed by atoms with Crippen molar-refractivity contribution in [3.05, 3.63) is 52.3 Å². The highest BCUT2D eigenvalue weighted by molar-refractivity contribution is 9.10. The molecule has 140 valence electrons. The molecule has 0 saturated heterocycles. The number of benzene rings is 2. The van der Waals surface area contributed by atoms with E-state index in [1.54, 1.807) is 6.92 Å². The van der Waals surface area contributed by atoms with Crippen LogP contribution in [-0.4, -0.2) is 26.1 Å². The van der Waals surface area contributed by atoms with E-state index in [1.165, 1.54) is 24.3 Å². The quantitative estimate of drug-likeness (QED) is 0.600. The molecule has 2 aromatic carbocycles. The van der Waals surface area contributed by atoms with Crippen LogP contribution in [0.3, 0.4) is 0 Å². The van der Waals surface area contributed by atoms with Crippen molar-refractivity contribution >= 4 is 37.6 Å². The Morgan fingerprint density at radius 3 is 2.62 bits per heavy atom. The molecular formula is C17H17BrFNO5S. The topological polar surface area (TPSA) is 92.7 Å². The average Bonchev–Trinajstić information content (AvgIpc) is 2.55. The van der Waals surface area contributed by atoms with E-state index in [9.17, 15) is 17.6 Å². The summed E-state index contributed by atoms with van der Waals surface area (Å²) in [5.41, 5.74) is 0.819. The molecule has 0 saturated carbocycles. The number of halogens is 2. The first kappa shape index (κ1) is 20.2. The third kappa shape index (κ3) is 5.43. The zero-order valence-electron chi connectivity index (χ0n) is 13.8. The normalized spacial score (nSPS) is 11.2. The van der Waals surface area contributed by atoms with Gasteiger partial charge in [-0.05, 0) is 71.2 Å². The number of rotatable bonds is 8. The first-order valence-electron chi connectivity index (χ1n) is 7.62. The third-order valence-corrected chi connectivity index (χ3v) is 5.44. The summed E-state index contributed by atoms with van der Waals surface area (Å²) in [6.45, 7) is 1.92. The summed E-state index contributed by atoms with van der Waals surface area (Å²) >= 11 is 3.12. The van der Waals surface area contributed by atoms with E-state index >= 15 is 0 Å². The summed E-state index contributed by atoms with van der Waals surface area (Å²) in [6.07, 6.45) is 0.358. The Kier molecular flexibility index (Phi) is 6.60. The maximum Gasteiger partial charge on any atom is 0.303 e. The lowest BCUT2D eigenvalue weighted by Crippen LogP contribution is -2.14. The molecule has 0 aliphatic carbocycles. The van der Waals surface area contributed by atoms with Crippen LogP contribution in [0.15, 0.2) is 45.8 Å². The van der Waals surface area contributed by atoms with E-state index in [0.717, 1.165) is 12.1 Å². The molecular weight excluding hydrogens is 429 g/mol. The molecule has 0 atom stereocenters. The van der Waals surface area contributed by atoms with Crippen molar-refractivity contribution in [2.45, 2.75) is 24.7 Å². The molecule has 0 fully saturated rings. The minimum Gasteiger partial charge on any atom is -0.493 e. The fraction of sp³-hybridized carbons (Fsp3) is 0.235. The predicted octanol–water partition coefficient (Wildman–Crippen LogP) is 3.94. The summed E-state index contributed by atoms with van der Waals surface area (Å²) in [4.78, 5) is 10.5. The van der Waals surface area contributed by atoms with Gasteiger partial charge >= 0.3 is 5.97 Å². The number of hydrogen-bond donors (Lipinski definition) is 2. The molecule has 0 aliphatic rings. The highest BCUT2D eigenvalue weighted by Crippen LogP contribution is 2.27. The Labute approximate surface area is 159 Å². The molecule has 0 aliphatic heterocycles. The van der Waals surface area contributed by atoms with E-state index in [4.69, 9.17) is 9.84 Å². The second-order valence-corrected chi connectivity index (χ2v) is 8.04. The van der Waals surface area contributed by atoms with Gasteiger partial charge in [0.25, 0.3) is 10.0 Å². The average molecular weight is 446 g/mol. The molecule has 9 heteroatoms. The van der Waals surface area contributed by atoms with Crippen molar-refractivity contribution in [3.63, 3.8) is 0 Å². The van der Waals surface area contributed by atoms with Gasteiger partial charge in [0.05, 0.1) is 17.2 Å². The Balaban J connectivity index is 2.12. The summed E-state index contributed by atoms with van der Waals surface area (Å²) in [5, 5.41) is 8.59. The third-order valence-electron chi connectivity index (χ3n) is 3.42. The Morgan fingerprint density at radius 2 is 2.00 bits per heavy atom.